The van der Waals surface area contributed by atoms with Gasteiger partial charge < -0.3 is 4.74 Å². The first kappa shape index (κ1) is 18.2. The summed E-state index contributed by atoms with van der Waals surface area (Å²) in [5.41, 5.74) is 4.06. The van der Waals surface area contributed by atoms with Crippen LogP contribution in [0.2, 0.25) is 0 Å². The van der Waals surface area contributed by atoms with E-state index in [1.54, 1.807) is 24.3 Å². The molecule has 1 amide bonds. The molecule has 0 spiro atoms. The molecule has 2 heterocycles. The molecule has 138 valence electrons. The molecule has 4 rings (SSSR count). The molecule has 1 aromatic heterocycles. The fourth-order valence-corrected chi connectivity index (χ4v) is 3.32. The molecule has 0 saturated heterocycles. The summed E-state index contributed by atoms with van der Waals surface area (Å²) in [7, 11) is 1.57. The van der Waals surface area contributed by atoms with Gasteiger partial charge in [-0.1, -0.05) is 58.4 Å². The summed E-state index contributed by atoms with van der Waals surface area (Å²) in [6, 6.07) is 21.3. The van der Waals surface area contributed by atoms with E-state index in [1.807, 2.05) is 72.8 Å². The third-order valence-corrected chi connectivity index (χ3v) is 4.96. The second-order valence-electron chi connectivity index (χ2n) is 6.25. The highest BCUT2D eigenvalue weighted by molar-refractivity contribution is 9.10. The predicted molar refractivity (Wildman–Crippen MR) is 115 cm³/mol. The van der Waals surface area contributed by atoms with Crippen LogP contribution in [0.3, 0.4) is 0 Å². The number of halogens is 1. The molecule has 0 unspecified atom stereocenters. The number of benzene rings is 2. The summed E-state index contributed by atoms with van der Waals surface area (Å²) in [5, 5.41) is 0. The summed E-state index contributed by atoms with van der Waals surface area (Å²) >= 11 is 3.44. The van der Waals surface area contributed by atoms with Gasteiger partial charge >= 0.3 is 0 Å². The van der Waals surface area contributed by atoms with Crippen molar-refractivity contribution in [1.29, 1.82) is 0 Å². The molecule has 1 aliphatic rings. The number of carbonyl (C=O) groups excluding carboxylic acids is 1. The number of nitrogens with zero attached hydrogens (tertiary/aromatic N) is 2. The average Bonchev–Trinajstić information content (AvgIpc) is 3.06. The largest absolute Gasteiger partial charge is 0.481 e. The van der Waals surface area contributed by atoms with Crippen LogP contribution in [0.1, 0.15) is 11.1 Å². The van der Waals surface area contributed by atoms with Crippen LogP contribution in [0, 0.1) is 0 Å². The summed E-state index contributed by atoms with van der Waals surface area (Å²) in [6.07, 6.45) is 5.47. The van der Waals surface area contributed by atoms with Gasteiger partial charge in [0.2, 0.25) is 5.88 Å². The first-order valence-electron chi connectivity index (χ1n) is 8.74. The molecule has 2 aromatic carbocycles. The van der Waals surface area contributed by atoms with Gasteiger partial charge in [-0.05, 0) is 41.5 Å². The third kappa shape index (κ3) is 3.62. The van der Waals surface area contributed by atoms with E-state index >= 15 is 0 Å². The zero-order chi connectivity index (χ0) is 19.5. The van der Waals surface area contributed by atoms with E-state index < -0.39 is 0 Å². The SMILES string of the molecule is COc1ccc(N2C(=O)/C(=C/c3ccc(Br)cc3)C=C2c2ccccc2)cn1. The first-order chi connectivity index (χ1) is 13.7. The van der Waals surface area contributed by atoms with Gasteiger partial charge in [0.1, 0.15) is 0 Å². The highest BCUT2D eigenvalue weighted by Crippen LogP contribution is 2.35. The topological polar surface area (TPSA) is 42.4 Å². The number of hydrogen-bond acceptors (Lipinski definition) is 3. The molecule has 0 aliphatic carbocycles. The standard InChI is InChI=1S/C23H17BrN2O2/c1-28-22-12-11-20(15-25-22)26-21(17-5-3-2-4-6-17)14-18(23(26)27)13-16-7-9-19(24)10-8-16/h2-15H,1H3/b18-13+. The van der Waals surface area contributed by atoms with Crippen molar-refractivity contribution in [2.24, 2.45) is 0 Å². The minimum Gasteiger partial charge on any atom is -0.481 e. The van der Waals surface area contributed by atoms with Gasteiger partial charge in [0.15, 0.2) is 0 Å². The summed E-state index contributed by atoms with van der Waals surface area (Å²) in [4.78, 5) is 19.2. The Morgan fingerprint density at radius 3 is 2.39 bits per heavy atom. The fraction of sp³-hybridized carbons (Fsp3) is 0.0435. The van der Waals surface area contributed by atoms with Crippen LogP contribution in [-0.4, -0.2) is 18.0 Å². The van der Waals surface area contributed by atoms with E-state index in [0.717, 1.165) is 21.3 Å². The Hall–Kier alpha value is -3.18. The number of ether oxygens (including phenoxy) is 1. The molecule has 4 nitrogen and oxygen atoms in total. The van der Waals surface area contributed by atoms with Crippen molar-refractivity contribution in [3.63, 3.8) is 0 Å². The van der Waals surface area contributed by atoms with Crippen molar-refractivity contribution < 1.29 is 9.53 Å². The zero-order valence-corrected chi connectivity index (χ0v) is 16.8. The molecule has 0 radical (unpaired) electrons. The lowest BCUT2D eigenvalue weighted by molar-refractivity contribution is -0.113. The van der Waals surface area contributed by atoms with Gasteiger partial charge in [-0.25, -0.2) is 4.98 Å². The number of pyridine rings is 1. The predicted octanol–water partition coefficient (Wildman–Crippen LogP) is 5.32. The van der Waals surface area contributed by atoms with Crippen LogP contribution >= 0.6 is 15.9 Å². The minimum atomic E-state index is -0.0891. The number of amides is 1. The molecule has 0 saturated carbocycles. The molecular weight excluding hydrogens is 416 g/mol. The Labute approximate surface area is 171 Å². The summed E-state index contributed by atoms with van der Waals surface area (Å²) < 4.78 is 6.13. The van der Waals surface area contributed by atoms with Gasteiger partial charge in [-0.2, -0.15) is 0 Å². The lowest BCUT2D eigenvalue weighted by Crippen LogP contribution is -2.25. The number of anilines is 1. The maximum atomic E-state index is 13.3. The zero-order valence-electron chi connectivity index (χ0n) is 15.2. The molecule has 28 heavy (non-hydrogen) atoms. The Kier molecular flexibility index (Phi) is 5.08. The molecule has 0 fully saturated rings. The molecular formula is C23H17BrN2O2. The smallest absolute Gasteiger partial charge is 0.263 e. The van der Waals surface area contributed by atoms with Crippen molar-refractivity contribution in [3.05, 3.63) is 100 Å². The van der Waals surface area contributed by atoms with Crippen LogP contribution in [0.5, 0.6) is 5.88 Å². The molecule has 0 atom stereocenters. The lowest BCUT2D eigenvalue weighted by atomic mass is 10.1. The summed E-state index contributed by atoms with van der Waals surface area (Å²) in [5.74, 6) is 0.417. The van der Waals surface area contributed by atoms with Gasteiger partial charge in [0.25, 0.3) is 5.91 Å². The number of carbonyl (C=O) groups is 1. The highest BCUT2D eigenvalue weighted by Gasteiger charge is 2.30. The number of methoxy groups -OCH3 is 1. The van der Waals surface area contributed by atoms with Crippen LogP contribution in [0.15, 0.2) is 89.0 Å². The molecule has 3 aromatic rings. The van der Waals surface area contributed by atoms with Gasteiger partial charge in [-0.3, -0.25) is 9.69 Å². The molecule has 0 bridgehead atoms. The summed E-state index contributed by atoms with van der Waals surface area (Å²) in [6.45, 7) is 0. The second-order valence-corrected chi connectivity index (χ2v) is 7.16. The van der Waals surface area contributed by atoms with Gasteiger partial charge in [0.05, 0.1) is 24.7 Å². The van der Waals surface area contributed by atoms with Crippen molar-refractivity contribution in [3.8, 4) is 5.88 Å². The first-order valence-corrected chi connectivity index (χ1v) is 9.54. The van der Waals surface area contributed by atoms with E-state index in [-0.39, 0.29) is 5.91 Å². The Bertz CT molecular complexity index is 1060. The Morgan fingerprint density at radius 1 is 1.00 bits per heavy atom. The second kappa shape index (κ2) is 7.82. The molecule has 1 aliphatic heterocycles. The van der Waals surface area contributed by atoms with Crippen LogP contribution < -0.4 is 9.64 Å². The van der Waals surface area contributed by atoms with E-state index in [0.29, 0.717) is 17.1 Å². The molecule has 0 N–H and O–H groups in total. The lowest BCUT2D eigenvalue weighted by Gasteiger charge is -2.20. The average molecular weight is 433 g/mol. The Balaban J connectivity index is 1.79. The van der Waals surface area contributed by atoms with Crippen LogP contribution in [-0.2, 0) is 4.79 Å². The van der Waals surface area contributed by atoms with Crippen molar-refractivity contribution in [2.45, 2.75) is 0 Å². The van der Waals surface area contributed by atoms with Crippen molar-refractivity contribution in [1.82, 2.24) is 4.98 Å². The maximum absolute atomic E-state index is 13.3. The molecule has 5 heteroatoms. The number of rotatable bonds is 4. The van der Waals surface area contributed by atoms with Crippen molar-refractivity contribution >= 4 is 39.3 Å². The minimum absolute atomic E-state index is 0.0891. The van der Waals surface area contributed by atoms with E-state index in [2.05, 4.69) is 20.9 Å². The van der Waals surface area contributed by atoms with Gasteiger partial charge in [0, 0.05) is 16.1 Å². The Morgan fingerprint density at radius 2 is 1.75 bits per heavy atom. The van der Waals surface area contributed by atoms with E-state index in [1.165, 1.54) is 0 Å². The highest BCUT2D eigenvalue weighted by atomic mass is 79.9. The number of aromatic nitrogens is 1. The van der Waals surface area contributed by atoms with E-state index in [4.69, 9.17) is 4.74 Å². The maximum Gasteiger partial charge on any atom is 0.263 e. The normalized spacial score (nSPS) is 15.1. The fourth-order valence-electron chi connectivity index (χ4n) is 3.06. The number of hydrogen-bond donors (Lipinski definition) is 0. The third-order valence-electron chi connectivity index (χ3n) is 4.43. The van der Waals surface area contributed by atoms with Crippen LogP contribution in [0.4, 0.5) is 5.69 Å². The van der Waals surface area contributed by atoms with Gasteiger partial charge in [-0.15, -0.1) is 0 Å². The monoisotopic (exact) mass is 432 g/mol. The van der Waals surface area contributed by atoms with Crippen molar-refractivity contribution in [2.75, 3.05) is 12.0 Å². The van der Waals surface area contributed by atoms with Crippen LogP contribution in [0.25, 0.3) is 11.8 Å². The quantitative estimate of drug-likeness (QED) is 0.523. The van der Waals surface area contributed by atoms with E-state index in [9.17, 15) is 4.79 Å².